The van der Waals surface area contributed by atoms with Gasteiger partial charge in [0.05, 0.1) is 36.6 Å². The van der Waals surface area contributed by atoms with Gasteiger partial charge in [-0.2, -0.15) is 0 Å². The van der Waals surface area contributed by atoms with Crippen LogP contribution in [0.1, 0.15) is 18.4 Å². The van der Waals surface area contributed by atoms with Crippen molar-refractivity contribution in [2.75, 3.05) is 70.5 Å². The molecule has 0 unspecified atom stereocenters. The molecule has 4 aliphatic rings. The fraction of sp³-hybridized carbons (Fsp3) is 0.652. The van der Waals surface area contributed by atoms with E-state index in [9.17, 15) is 19.7 Å². The van der Waals surface area contributed by atoms with E-state index in [0.29, 0.717) is 52.4 Å². The molecule has 0 aliphatic carbocycles. The Morgan fingerprint density at radius 2 is 1.79 bits per heavy atom. The van der Waals surface area contributed by atoms with Crippen molar-refractivity contribution in [2.24, 2.45) is 5.92 Å². The van der Waals surface area contributed by atoms with Crippen LogP contribution in [0, 0.1) is 16.0 Å². The number of carbonyl (C=O) groups excluding carboxylic acids is 2. The van der Waals surface area contributed by atoms with Gasteiger partial charge >= 0.3 is 0 Å². The van der Waals surface area contributed by atoms with Crippen LogP contribution in [0.5, 0.6) is 0 Å². The quantitative estimate of drug-likeness (QED) is 0.486. The maximum atomic E-state index is 13.6. The standard InChI is InChI=1S/C23H31N5O5/c29-22(25-5-1-2-6-25)16-24-7-8-27-20-4-3-18(28(31)32)13-17(20)14-19(21(27)15-24)23(30)26-9-11-33-12-10-26/h3-4,13,19,21H,1-2,5-12,14-16H2/t19-,21+/m1/s1. The van der Waals surface area contributed by atoms with Crippen LogP contribution in [-0.2, 0) is 20.7 Å². The predicted molar refractivity (Wildman–Crippen MR) is 121 cm³/mol. The molecule has 3 saturated heterocycles. The minimum absolute atomic E-state index is 0.0552. The van der Waals surface area contributed by atoms with Crippen LogP contribution in [0.15, 0.2) is 18.2 Å². The van der Waals surface area contributed by atoms with Gasteiger partial charge in [-0.1, -0.05) is 0 Å². The molecule has 0 N–H and O–H groups in total. The van der Waals surface area contributed by atoms with Crippen LogP contribution in [-0.4, -0.2) is 103 Å². The molecule has 0 aromatic heterocycles. The number of ether oxygens (including phenoxy) is 1. The summed E-state index contributed by atoms with van der Waals surface area (Å²) in [6, 6.07) is 4.92. The van der Waals surface area contributed by atoms with Crippen LogP contribution in [0.2, 0.25) is 0 Å². The number of nitro groups is 1. The van der Waals surface area contributed by atoms with E-state index in [-0.39, 0.29) is 34.4 Å². The molecule has 10 nitrogen and oxygen atoms in total. The van der Waals surface area contributed by atoms with Gasteiger partial charge < -0.3 is 19.4 Å². The number of anilines is 1. The number of carbonyl (C=O) groups is 2. The maximum absolute atomic E-state index is 13.6. The Bertz CT molecular complexity index is 928. The van der Waals surface area contributed by atoms with Crippen molar-refractivity contribution in [1.82, 2.24) is 14.7 Å². The average Bonchev–Trinajstić information content (AvgIpc) is 3.38. The summed E-state index contributed by atoms with van der Waals surface area (Å²) < 4.78 is 5.42. The van der Waals surface area contributed by atoms with Crippen molar-refractivity contribution < 1.29 is 19.2 Å². The van der Waals surface area contributed by atoms with E-state index in [1.807, 2.05) is 15.9 Å². The number of nitrogens with zero attached hydrogens (tertiary/aromatic N) is 5. The number of amides is 2. The van der Waals surface area contributed by atoms with Gasteiger partial charge in [-0.05, 0) is 30.9 Å². The third-order valence-corrected chi connectivity index (χ3v) is 7.45. The number of likely N-dealkylation sites (tertiary alicyclic amines) is 1. The van der Waals surface area contributed by atoms with E-state index >= 15 is 0 Å². The minimum Gasteiger partial charge on any atom is -0.378 e. The molecule has 178 valence electrons. The van der Waals surface area contributed by atoms with Gasteiger partial charge in [-0.25, -0.2) is 0 Å². The molecular formula is C23H31N5O5. The normalized spacial score (nSPS) is 25.5. The zero-order chi connectivity index (χ0) is 22.9. The molecule has 5 rings (SSSR count). The number of nitro benzene ring substituents is 1. The molecule has 4 aliphatic heterocycles. The lowest BCUT2D eigenvalue weighted by Crippen LogP contribution is -2.62. The van der Waals surface area contributed by atoms with Crippen LogP contribution in [0.25, 0.3) is 0 Å². The molecule has 4 heterocycles. The number of piperazine rings is 1. The summed E-state index contributed by atoms with van der Waals surface area (Å²) in [5, 5.41) is 11.3. The van der Waals surface area contributed by atoms with Crippen molar-refractivity contribution in [3.8, 4) is 0 Å². The zero-order valence-electron chi connectivity index (χ0n) is 18.9. The summed E-state index contributed by atoms with van der Waals surface area (Å²) in [6.07, 6.45) is 2.62. The second kappa shape index (κ2) is 9.26. The molecule has 1 aromatic rings. The first-order valence-corrected chi connectivity index (χ1v) is 11.9. The monoisotopic (exact) mass is 457 g/mol. The molecule has 0 bridgehead atoms. The maximum Gasteiger partial charge on any atom is 0.269 e. The number of benzene rings is 1. The zero-order valence-corrected chi connectivity index (χ0v) is 18.9. The van der Waals surface area contributed by atoms with Crippen LogP contribution in [0.3, 0.4) is 0 Å². The Morgan fingerprint density at radius 3 is 2.52 bits per heavy atom. The van der Waals surface area contributed by atoms with Crippen molar-refractivity contribution in [3.05, 3.63) is 33.9 Å². The smallest absolute Gasteiger partial charge is 0.269 e. The van der Waals surface area contributed by atoms with Crippen LogP contribution in [0.4, 0.5) is 11.4 Å². The highest BCUT2D eigenvalue weighted by Gasteiger charge is 2.43. The number of hydrogen-bond donors (Lipinski definition) is 0. The highest BCUT2D eigenvalue weighted by Crippen LogP contribution is 2.38. The van der Waals surface area contributed by atoms with E-state index in [4.69, 9.17) is 4.74 Å². The Kier molecular flexibility index (Phi) is 6.20. The fourth-order valence-electron chi connectivity index (χ4n) is 5.69. The SMILES string of the molecule is O=C(CN1CCN2c3ccc([N+](=O)[O-])cc3C[C@@H](C(=O)N3CCOCC3)[C@@H]2C1)N1CCCC1. The largest absolute Gasteiger partial charge is 0.378 e. The molecule has 0 spiro atoms. The lowest BCUT2D eigenvalue weighted by molar-refractivity contribution is -0.384. The Labute approximate surface area is 193 Å². The number of morpholine rings is 1. The molecule has 10 heteroatoms. The molecule has 33 heavy (non-hydrogen) atoms. The highest BCUT2D eigenvalue weighted by atomic mass is 16.6. The third kappa shape index (κ3) is 4.41. The van der Waals surface area contributed by atoms with Crippen molar-refractivity contribution >= 4 is 23.2 Å². The average molecular weight is 458 g/mol. The topological polar surface area (TPSA) is 99.5 Å². The molecule has 2 amide bonds. The Balaban J connectivity index is 1.39. The number of rotatable bonds is 4. The van der Waals surface area contributed by atoms with Gasteiger partial charge in [0.25, 0.3) is 5.69 Å². The van der Waals surface area contributed by atoms with Gasteiger partial charge in [0.1, 0.15) is 0 Å². The van der Waals surface area contributed by atoms with Gasteiger partial charge in [-0.15, -0.1) is 0 Å². The molecular weight excluding hydrogens is 426 g/mol. The minimum atomic E-state index is -0.382. The van der Waals surface area contributed by atoms with E-state index in [2.05, 4.69) is 9.80 Å². The van der Waals surface area contributed by atoms with Crippen molar-refractivity contribution in [1.29, 1.82) is 0 Å². The second-order valence-electron chi connectivity index (χ2n) is 9.40. The molecule has 0 radical (unpaired) electrons. The number of hydrogen-bond acceptors (Lipinski definition) is 7. The lowest BCUT2D eigenvalue weighted by atomic mass is 9.82. The first-order chi connectivity index (χ1) is 16.0. The molecule has 2 atom stereocenters. The van der Waals surface area contributed by atoms with Crippen molar-refractivity contribution in [3.63, 3.8) is 0 Å². The summed E-state index contributed by atoms with van der Waals surface area (Å²) in [7, 11) is 0. The first kappa shape index (κ1) is 22.1. The fourth-order valence-corrected chi connectivity index (χ4v) is 5.69. The summed E-state index contributed by atoms with van der Waals surface area (Å²) in [5.74, 6) is -0.0516. The van der Waals surface area contributed by atoms with E-state index in [1.165, 1.54) is 0 Å². The molecule has 1 aromatic carbocycles. The summed E-state index contributed by atoms with van der Waals surface area (Å²) in [5.41, 5.74) is 1.88. The van der Waals surface area contributed by atoms with E-state index in [1.54, 1.807) is 12.1 Å². The third-order valence-electron chi connectivity index (χ3n) is 7.45. The van der Waals surface area contributed by atoms with Crippen LogP contribution >= 0.6 is 0 Å². The Hall–Kier alpha value is -2.72. The lowest BCUT2D eigenvalue weighted by Gasteiger charge is -2.50. The predicted octanol–water partition coefficient (Wildman–Crippen LogP) is 0.739. The summed E-state index contributed by atoms with van der Waals surface area (Å²) in [4.78, 5) is 45.5. The number of non-ortho nitro benzene ring substituents is 1. The van der Waals surface area contributed by atoms with Gasteiger partial charge in [-0.3, -0.25) is 24.6 Å². The van der Waals surface area contributed by atoms with Crippen LogP contribution < -0.4 is 4.90 Å². The molecule has 0 saturated carbocycles. The van der Waals surface area contributed by atoms with Gasteiger partial charge in [0.15, 0.2) is 0 Å². The summed E-state index contributed by atoms with van der Waals surface area (Å²) >= 11 is 0. The Morgan fingerprint density at radius 1 is 1.03 bits per heavy atom. The number of fused-ring (bicyclic) bond motifs is 3. The van der Waals surface area contributed by atoms with Gasteiger partial charge in [0.2, 0.25) is 11.8 Å². The first-order valence-electron chi connectivity index (χ1n) is 11.9. The van der Waals surface area contributed by atoms with E-state index < -0.39 is 0 Å². The van der Waals surface area contributed by atoms with Crippen molar-refractivity contribution in [2.45, 2.75) is 25.3 Å². The second-order valence-corrected chi connectivity index (χ2v) is 9.40. The summed E-state index contributed by atoms with van der Waals surface area (Å²) in [6.45, 7) is 6.32. The van der Waals surface area contributed by atoms with Gasteiger partial charge in [0, 0.05) is 63.6 Å². The van der Waals surface area contributed by atoms with E-state index in [0.717, 1.165) is 43.7 Å². The highest BCUT2D eigenvalue weighted by molar-refractivity contribution is 5.83. The molecule has 3 fully saturated rings.